The Morgan fingerprint density at radius 3 is 2.10 bits per heavy atom. The van der Waals surface area contributed by atoms with Crippen molar-refractivity contribution in [2.24, 2.45) is 10.9 Å². The fourth-order valence-corrected chi connectivity index (χ4v) is 2.84. The molecule has 1 fully saturated rings. The summed E-state index contributed by atoms with van der Waals surface area (Å²) in [5.41, 5.74) is 6.51. The van der Waals surface area contributed by atoms with Gasteiger partial charge in [-0.2, -0.15) is 0 Å². The number of hydrogen-bond acceptors (Lipinski definition) is 5. The molecule has 0 unspecified atom stereocenters. The van der Waals surface area contributed by atoms with Crippen LogP contribution in [-0.4, -0.2) is 51.4 Å². The monoisotopic (exact) mass is 312 g/mol. The van der Waals surface area contributed by atoms with Crippen LogP contribution in [0.3, 0.4) is 0 Å². The molecule has 116 valence electrons. The Morgan fingerprint density at radius 1 is 1.14 bits per heavy atom. The number of anilines is 1. The van der Waals surface area contributed by atoms with Crippen LogP contribution in [0.5, 0.6) is 0 Å². The standard InChI is InChI=1S/C13H20N4O3S/c1-10(14)13(18)17-8-6-16(7-9-17)11-2-4-12(5-3-11)21(15,19)20/h2-5,10H,6-9,14H2,1H3,(H2,15,19,20)/t10-/m1/s1. The molecule has 4 N–H and O–H groups in total. The minimum Gasteiger partial charge on any atom is -0.368 e. The molecular weight excluding hydrogens is 292 g/mol. The molecule has 1 saturated heterocycles. The predicted octanol–water partition coefficient (Wildman–Crippen LogP) is -0.670. The fraction of sp³-hybridized carbons (Fsp3) is 0.462. The van der Waals surface area contributed by atoms with Crippen molar-refractivity contribution in [1.82, 2.24) is 4.90 Å². The van der Waals surface area contributed by atoms with Crippen molar-refractivity contribution in [3.8, 4) is 0 Å². The molecule has 0 saturated carbocycles. The molecule has 7 nitrogen and oxygen atoms in total. The zero-order valence-corrected chi connectivity index (χ0v) is 12.7. The summed E-state index contributed by atoms with van der Waals surface area (Å²) in [5, 5.41) is 5.07. The lowest BCUT2D eigenvalue weighted by molar-refractivity contribution is -0.132. The number of carbonyl (C=O) groups is 1. The number of piperazine rings is 1. The van der Waals surface area contributed by atoms with E-state index >= 15 is 0 Å². The van der Waals surface area contributed by atoms with Gasteiger partial charge in [0.25, 0.3) is 0 Å². The molecule has 1 aliphatic rings. The summed E-state index contributed by atoms with van der Waals surface area (Å²) in [7, 11) is -3.67. The smallest absolute Gasteiger partial charge is 0.239 e. The molecular formula is C13H20N4O3S. The van der Waals surface area contributed by atoms with Gasteiger partial charge in [-0.1, -0.05) is 0 Å². The second kappa shape index (κ2) is 6.00. The van der Waals surface area contributed by atoms with E-state index in [1.54, 1.807) is 24.0 Å². The summed E-state index contributed by atoms with van der Waals surface area (Å²) >= 11 is 0. The Hall–Kier alpha value is -1.64. The Balaban J connectivity index is 2.01. The lowest BCUT2D eigenvalue weighted by Gasteiger charge is -2.36. The van der Waals surface area contributed by atoms with Gasteiger partial charge >= 0.3 is 0 Å². The van der Waals surface area contributed by atoms with E-state index in [1.165, 1.54) is 12.1 Å². The van der Waals surface area contributed by atoms with Gasteiger partial charge in [0.1, 0.15) is 0 Å². The highest BCUT2D eigenvalue weighted by molar-refractivity contribution is 7.89. The lowest BCUT2D eigenvalue weighted by Crippen LogP contribution is -2.52. The average molecular weight is 312 g/mol. The van der Waals surface area contributed by atoms with Crippen LogP contribution in [0, 0.1) is 0 Å². The molecule has 0 radical (unpaired) electrons. The van der Waals surface area contributed by atoms with Crippen molar-refractivity contribution < 1.29 is 13.2 Å². The fourth-order valence-electron chi connectivity index (χ4n) is 2.32. The maximum atomic E-state index is 11.8. The van der Waals surface area contributed by atoms with E-state index in [2.05, 4.69) is 4.90 Å². The van der Waals surface area contributed by atoms with E-state index in [-0.39, 0.29) is 10.8 Å². The summed E-state index contributed by atoms with van der Waals surface area (Å²) in [6, 6.07) is 5.95. The highest BCUT2D eigenvalue weighted by atomic mass is 32.2. The minimum absolute atomic E-state index is 0.0424. The number of nitrogens with zero attached hydrogens (tertiary/aromatic N) is 2. The van der Waals surface area contributed by atoms with Crippen molar-refractivity contribution in [2.75, 3.05) is 31.1 Å². The third kappa shape index (κ3) is 3.72. The van der Waals surface area contributed by atoms with Gasteiger partial charge in [0, 0.05) is 31.9 Å². The third-order valence-corrected chi connectivity index (χ3v) is 4.44. The quantitative estimate of drug-likeness (QED) is 0.769. The highest BCUT2D eigenvalue weighted by Gasteiger charge is 2.23. The van der Waals surface area contributed by atoms with Gasteiger partial charge in [0.2, 0.25) is 15.9 Å². The molecule has 1 aromatic carbocycles. The molecule has 21 heavy (non-hydrogen) atoms. The molecule has 2 rings (SSSR count). The van der Waals surface area contributed by atoms with Gasteiger partial charge in [0.15, 0.2) is 0 Å². The largest absolute Gasteiger partial charge is 0.368 e. The van der Waals surface area contributed by atoms with Gasteiger partial charge in [-0.15, -0.1) is 0 Å². The van der Waals surface area contributed by atoms with E-state index in [0.29, 0.717) is 26.2 Å². The second-order valence-electron chi connectivity index (χ2n) is 5.14. The first-order valence-corrected chi connectivity index (χ1v) is 8.26. The number of carbonyl (C=O) groups excluding carboxylic acids is 1. The van der Waals surface area contributed by atoms with Crippen LogP contribution in [0.4, 0.5) is 5.69 Å². The zero-order chi connectivity index (χ0) is 15.6. The maximum Gasteiger partial charge on any atom is 0.239 e. The SMILES string of the molecule is C[C@@H](N)C(=O)N1CCN(c2ccc(S(N)(=O)=O)cc2)CC1. The molecule has 0 aliphatic carbocycles. The molecule has 1 atom stereocenters. The van der Waals surface area contributed by atoms with Crippen LogP contribution in [0.2, 0.25) is 0 Å². The molecule has 0 bridgehead atoms. The normalized spacial score (nSPS) is 17.7. The number of nitrogens with two attached hydrogens (primary N) is 2. The average Bonchev–Trinajstić information content (AvgIpc) is 2.46. The molecule has 1 amide bonds. The first kappa shape index (κ1) is 15.7. The first-order chi connectivity index (χ1) is 9.79. The van der Waals surface area contributed by atoms with E-state index < -0.39 is 16.1 Å². The van der Waals surface area contributed by atoms with Crippen molar-refractivity contribution in [1.29, 1.82) is 0 Å². The van der Waals surface area contributed by atoms with Gasteiger partial charge in [-0.05, 0) is 31.2 Å². The van der Waals surface area contributed by atoms with Crippen molar-refractivity contribution >= 4 is 21.6 Å². The molecule has 0 spiro atoms. The highest BCUT2D eigenvalue weighted by Crippen LogP contribution is 2.19. The molecule has 8 heteroatoms. The Kier molecular flexibility index (Phi) is 4.50. The van der Waals surface area contributed by atoms with Crippen LogP contribution in [-0.2, 0) is 14.8 Å². The van der Waals surface area contributed by atoms with Gasteiger partial charge < -0.3 is 15.5 Å². The summed E-state index contributed by atoms with van der Waals surface area (Å²) in [5.74, 6) is -0.0424. The third-order valence-electron chi connectivity index (χ3n) is 3.51. The second-order valence-corrected chi connectivity index (χ2v) is 6.70. The van der Waals surface area contributed by atoms with E-state index in [4.69, 9.17) is 10.9 Å². The summed E-state index contributed by atoms with van der Waals surface area (Å²) in [4.78, 5) is 15.7. The molecule has 1 aliphatic heterocycles. The Morgan fingerprint density at radius 2 is 1.67 bits per heavy atom. The van der Waals surface area contributed by atoms with Gasteiger partial charge in [-0.25, -0.2) is 13.6 Å². The molecule has 0 aromatic heterocycles. The van der Waals surface area contributed by atoms with E-state index in [9.17, 15) is 13.2 Å². The summed E-state index contributed by atoms with van der Waals surface area (Å²) in [6.45, 7) is 4.27. The maximum absolute atomic E-state index is 11.8. The van der Waals surface area contributed by atoms with Crippen LogP contribution >= 0.6 is 0 Å². The van der Waals surface area contributed by atoms with Gasteiger partial charge in [-0.3, -0.25) is 4.79 Å². The number of hydrogen-bond donors (Lipinski definition) is 2. The number of primary sulfonamides is 1. The van der Waals surface area contributed by atoms with Gasteiger partial charge in [0.05, 0.1) is 10.9 Å². The van der Waals surface area contributed by atoms with Crippen LogP contribution in [0.15, 0.2) is 29.2 Å². The van der Waals surface area contributed by atoms with E-state index in [0.717, 1.165) is 5.69 Å². The van der Waals surface area contributed by atoms with Crippen molar-refractivity contribution in [3.05, 3.63) is 24.3 Å². The van der Waals surface area contributed by atoms with E-state index in [1.807, 2.05) is 0 Å². The first-order valence-electron chi connectivity index (χ1n) is 6.71. The summed E-state index contributed by atoms with van der Waals surface area (Å²) < 4.78 is 22.4. The Labute approximate surface area is 124 Å². The molecule has 1 heterocycles. The predicted molar refractivity (Wildman–Crippen MR) is 80.3 cm³/mol. The number of rotatable bonds is 3. The summed E-state index contributed by atoms with van der Waals surface area (Å²) in [6.07, 6.45) is 0. The molecule has 1 aromatic rings. The Bertz CT molecular complexity index is 605. The zero-order valence-electron chi connectivity index (χ0n) is 11.9. The number of sulfonamides is 1. The lowest BCUT2D eigenvalue weighted by atomic mass is 10.2. The number of amides is 1. The van der Waals surface area contributed by atoms with Crippen molar-refractivity contribution in [2.45, 2.75) is 17.9 Å². The minimum atomic E-state index is -3.67. The van der Waals surface area contributed by atoms with Crippen molar-refractivity contribution in [3.63, 3.8) is 0 Å². The topological polar surface area (TPSA) is 110 Å². The van der Waals surface area contributed by atoms with Crippen LogP contribution in [0.25, 0.3) is 0 Å². The van der Waals surface area contributed by atoms with Crippen LogP contribution in [0.1, 0.15) is 6.92 Å². The van der Waals surface area contributed by atoms with Crippen LogP contribution < -0.4 is 15.8 Å². The number of benzene rings is 1.